The van der Waals surface area contributed by atoms with Gasteiger partial charge in [0, 0.05) is 18.6 Å². The van der Waals surface area contributed by atoms with Crippen molar-refractivity contribution in [2.45, 2.75) is 38.5 Å². The number of rotatable bonds is 6. The molecule has 0 aromatic heterocycles. The highest BCUT2D eigenvalue weighted by atomic mass is 19.4. The standard InChI is InChI=1S/C9H19F3N2O/c1-7(2)14(6-9(10,11)12)4-3-8(13)5-15/h7-8,15H,3-6,13H2,1-2H3. The number of hydrogen-bond donors (Lipinski definition) is 2. The molecule has 0 amide bonds. The maximum atomic E-state index is 12.2. The topological polar surface area (TPSA) is 49.5 Å². The first-order valence-electron chi connectivity index (χ1n) is 4.93. The number of aliphatic hydroxyl groups is 1. The zero-order valence-electron chi connectivity index (χ0n) is 9.09. The maximum Gasteiger partial charge on any atom is 0.401 e. The van der Waals surface area contributed by atoms with Gasteiger partial charge in [-0.25, -0.2) is 0 Å². The lowest BCUT2D eigenvalue weighted by Crippen LogP contribution is -2.41. The van der Waals surface area contributed by atoms with Crippen molar-refractivity contribution >= 4 is 0 Å². The predicted molar refractivity (Wildman–Crippen MR) is 52.4 cm³/mol. The molecule has 92 valence electrons. The second kappa shape index (κ2) is 6.30. The van der Waals surface area contributed by atoms with Gasteiger partial charge in [0.05, 0.1) is 13.2 Å². The molecule has 0 aromatic rings. The van der Waals surface area contributed by atoms with E-state index in [1.807, 2.05) is 0 Å². The van der Waals surface area contributed by atoms with Crippen LogP contribution < -0.4 is 5.73 Å². The van der Waals surface area contributed by atoms with Gasteiger partial charge in [0.15, 0.2) is 0 Å². The van der Waals surface area contributed by atoms with E-state index in [-0.39, 0.29) is 19.2 Å². The normalized spacial score (nSPS) is 15.0. The van der Waals surface area contributed by atoms with Crippen LogP contribution in [0.2, 0.25) is 0 Å². The van der Waals surface area contributed by atoms with E-state index in [4.69, 9.17) is 10.8 Å². The second-order valence-electron chi connectivity index (χ2n) is 3.91. The summed E-state index contributed by atoms with van der Waals surface area (Å²) in [5, 5.41) is 8.65. The van der Waals surface area contributed by atoms with Crippen LogP contribution in [0.5, 0.6) is 0 Å². The van der Waals surface area contributed by atoms with E-state index in [0.29, 0.717) is 6.42 Å². The summed E-state index contributed by atoms with van der Waals surface area (Å²) in [5.41, 5.74) is 5.43. The van der Waals surface area contributed by atoms with E-state index in [1.54, 1.807) is 13.8 Å². The maximum absolute atomic E-state index is 12.2. The third-order valence-electron chi connectivity index (χ3n) is 2.13. The molecular weight excluding hydrogens is 209 g/mol. The Morgan fingerprint density at radius 2 is 1.87 bits per heavy atom. The lowest BCUT2D eigenvalue weighted by atomic mass is 10.2. The molecule has 0 radical (unpaired) electrons. The number of halogens is 3. The number of nitrogens with zero attached hydrogens (tertiary/aromatic N) is 1. The Balaban J connectivity index is 4.06. The summed E-state index contributed by atoms with van der Waals surface area (Å²) in [5.74, 6) is 0. The van der Waals surface area contributed by atoms with E-state index in [9.17, 15) is 13.2 Å². The van der Waals surface area contributed by atoms with Gasteiger partial charge >= 0.3 is 6.18 Å². The van der Waals surface area contributed by atoms with Crippen molar-refractivity contribution in [1.82, 2.24) is 4.90 Å². The molecule has 1 atom stereocenters. The molecule has 0 saturated carbocycles. The Hall–Kier alpha value is -0.330. The molecule has 0 aliphatic heterocycles. The Kier molecular flexibility index (Phi) is 6.16. The van der Waals surface area contributed by atoms with E-state index in [0.717, 1.165) is 0 Å². The van der Waals surface area contributed by atoms with Gasteiger partial charge in [-0.3, -0.25) is 4.90 Å². The monoisotopic (exact) mass is 228 g/mol. The minimum atomic E-state index is -4.19. The van der Waals surface area contributed by atoms with Gasteiger partial charge in [0.2, 0.25) is 0 Å². The summed E-state index contributed by atoms with van der Waals surface area (Å²) in [6, 6.07) is -0.628. The molecule has 0 bridgehead atoms. The third-order valence-corrected chi connectivity index (χ3v) is 2.13. The Morgan fingerprint density at radius 1 is 1.33 bits per heavy atom. The van der Waals surface area contributed by atoms with E-state index >= 15 is 0 Å². The quantitative estimate of drug-likeness (QED) is 0.712. The van der Waals surface area contributed by atoms with Gasteiger partial charge in [-0.1, -0.05) is 0 Å². The summed E-state index contributed by atoms with van der Waals surface area (Å²) >= 11 is 0. The van der Waals surface area contributed by atoms with Crippen LogP contribution in [0, 0.1) is 0 Å². The van der Waals surface area contributed by atoms with Crippen molar-refractivity contribution in [1.29, 1.82) is 0 Å². The van der Waals surface area contributed by atoms with Gasteiger partial charge in [-0.05, 0) is 20.3 Å². The third kappa shape index (κ3) is 7.58. The van der Waals surface area contributed by atoms with E-state index < -0.39 is 18.8 Å². The summed E-state index contributed by atoms with van der Waals surface area (Å²) in [7, 11) is 0. The predicted octanol–water partition coefficient (Wildman–Crippen LogP) is 0.969. The largest absolute Gasteiger partial charge is 0.401 e. The van der Waals surface area contributed by atoms with Crippen LogP contribution in [0.25, 0.3) is 0 Å². The first kappa shape index (κ1) is 14.7. The SMILES string of the molecule is CC(C)N(CCC(N)CO)CC(F)(F)F. The summed E-state index contributed by atoms with van der Waals surface area (Å²) in [6.07, 6.45) is -3.82. The Bertz CT molecular complexity index is 173. The van der Waals surface area contributed by atoms with Crippen LogP contribution in [-0.2, 0) is 0 Å². The van der Waals surface area contributed by atoms with Crippen LogP contribution in [0.15, 0.2) is 0 Å². The van der Waals surface area contributed by atoms with Gasteiger partial charge in [-0.15, -0.1) is 0 Å². The van der Waals surface area contributed by atoms with Crippen molar-refractivity contribution in [3.63, 3.8) is 0 Å². The van der Waals surface area contributed by atoms with Gasteiger partial charge < -0.3 is 10.8 Å². The Morgan fingerprint density at radius 3 is 2.20 bits per heavy atom. The Labute approximate surface area is 88.0 Å². The van der Waals surface area contributed by atoms with Crippen LogP contribution >= 0.6 is 0 Å². The number of alkyl halides is 3. The highest BCUT2D eigenvalue weighted by Gasteiger charge is 2.31. The molecule has 0 spiro atoms. The average molecular weight is 228 g/mol. The fraction of sp³-hybridized carbons (Fsp3) is 1.00. The molecule has 0 fully saturated rings. The number of nitrogens with two attached hydrogens (primary N) is 1. The average Bonchev–Trinajstić information content (AvgIpc) is 2.09. The van der Waals surface area contributed by atoms with Crippen molar-refractivity contribution in [3.8, 4) is 0 Å². The van der Waals surface area contributed by atoms with Gasteiger partial charge in [-0.2, -0.15) is 13.2 Å². The van der Waals surface area contributed by atoms with Crippen LogP contribution in [-0.4, -0.2) is 48.0 Å². The molecule has 1 unspecified atom stereocenters. The zero-order chi connectivity index (χ0) is 12.1. The molecule has 0 aliphatic rings. The van der Waals surface area contributed by atoms with Gasteiger partial charge in [0.1, 0.15) is 0 Å². The minimum Gasteiger partial charge on any atom is -0.395 e. The number of aliphatic hydroxyl groups excluding tert-OH is 1. The molecular formula is C9H19F3N2O. The second-order valence-corrected chi connectivity index (χ2v) is 3.91. The first-order chi connectivity index (χ1) is 6.76. The summed E-state index contributed by atoms with van der Waals surface area (Å²) in [6.45, 7) is 2.53. The van der Waals surface area contributed by atoms with Crippen LogP contribution in [0.3, 0.4) is 0 Å². The van der Waals surface area contributed by atoms with Gasteiger partial charge in [0.25, 0.3) is 0 Å². The molecule has 0 aromatic carbocycles. The first-order valence-corrected chi connectivity index (χ1v) is 4.93. The molecule has 0 rings (SSSR count). The lowest BCUT2D eigenvalue weighted by molar-refractivity contribution is -0.149. The molecule has 3 N–H and O–H groups in total. The van der Waals surface area contributed by atoms with Crippen molar-refractivity contribution in [2.24, 2.45) is 5.73 Å². The summed E-state index contributed by atoms with van der Waals surface area (Å²) in [4.78, 5) is 1.30. The molecule has 6 heteroatoms. The fourth-order valence-corrected chi connectivity index (χ4v) is 1.17. The fourth-order valence-electron chi connectivity index (χ4n) is 1.17. The summed E-state index contributed by atoms with van der Waals surface area (Å²) < 4.78 is 36.5. The van der Waals surface area contributed by atoms with Crippen molar-refractivity contribution in [2.75, 3.05) is 19.7 Å². The highest BCUT2D eigenvalue weighted by molar-refractivity contribution is 4.70. The van der Waals surface area contributed by atoms with Crippen molar-refractivity contribution in [3.05, 3.63) is 0 Å². The van der Waals surface area contributed by atoms with E-state index in [2.05, 4.69) is 0 Å². The van der Waals surface area contributed by atoms with Crippen LogP contribution in [0.1, 0.15) is 20.3 Å². The molecule has 15 heavy (non-hydrogen) atoms. The van der Waals surface area contributed by atoms with Crippen molar-refractivity contribution < 1.29 is 18.3 Å². The molecule has 0 saturated heterocycles. The minimum absolute atomic E-state index is 0.183. The number of hydrogen-bond acceptors (Lipinski definition) is 3. The highest BCUT2D eigenvalue weighted by Crippen LogP contribution is 2.18. The zero-order valence-corrected chi connectivity index (χ0v) is 9.09. The van der Waals surface area contributed by atoms with E-state index in [1.165, 1.54) is 4.90 Å². The molecule has 0 aliphatic carbocycles. The molecule has 3 nitrogen and oxygen atoms in total. The smallest absolute Gasteiger partial charge is 0.395 e. The molecule has 0 heterocycles. The lowest BCUT2D eigenvalue weighted by Gasteiger charge is -2.28. The van der Waals surface area contributed by atoms with Crippen LogP contribution in [0.4, 0.5) is 13.2 Å².